The molecule has 32 heavy (non-hydrogen) atoms. The van der Waals surface area contributed by atoms with E-state index in [1.807, 2.05) is 35.2 Å². The van der Waals surface area contributed by atoms with Gasteiger partial charge in [0.15, 0.2) is 5.72 Å². The fourth-order valence-electron chi connectivity index (χ4n) is 4.51. The molecule has 0 bridgehead atoms. The Bertz CT molecular complexity index is 1220. The van der Waals surface area contributed by atoms with Gasteiger partial charge >= 0.3 is 0 Å². The van der Waals surface area contributed by atoms with Crippen LogP contribution in [0.2, 0.25) is 0 Å². The summed E-state index contributed by atoms with van der Waals surface area (Å²) in [6.45, 7) is 0.478. The average Bonchev–Trinajstić information content (AvgIpc) is 3.34. The van der Waals surface area contributed by atoms with Crippen molar-refractivity contribution in [3.05, 3.63) is 76.5 Å². The second-order valence-electron chi connectivity index (χ2n) is 8.26. The quantitative estimate of drug-likeness (QED) is 0.555. The molecule has 1 fully saturated rings. The molecule has 1 aromatic heterocycles. The van der Waals surface area contributed by atoms with Gasteiger partial charge in [-0.15, -0.1) is 0 Å². The van der Waals surface area contributed by atoms with Crippen molar-refractivity contribution >= 4 is 33.0 Å². The van der Waals surface area contributed by atoms with Gasteiger partial charge in [0.05, 0.1) is 16.1 Å². The number of fused-ring (bicyclic) bond motifs is 1. The predicted octanol–water partition coefficient (Wildman–Crippen LogP) is 5.24. The van der Waals surface area contributed by atoms with Crippen molar-refractivity contribution in [1.82, 2.24) is 4.90 Å². The van der Waals surface area contributed by atoms with Crippen molar-refractivity contribution in [3.63, 3.8) is 0 Å². The molecule has 1 amide bonds. The highest BCUT2D eigenvalue weighted by molar-refractivity contribution is 7.92. The zero-order valence-electron chi connectivity index (χ0n) is 17.5. The van der Waals surface area contributed by atoms with Gasteiger partial charge in [-0.1, -0.05) is 36.8 Å². The Morgan fingerprint density at radius 1 is 1.03 bits per heavy atom. The number of ether oxygens (including phenoxy) is 1. The Balaban J connectivity index is 1.49. The van der Waals surface area contributed by atoms with Crippen LogP contribution in [0.1, 0.15) is 48.0 Å². The van der Waals surface area contributed by atoms with Gasteiger partial charge in [-0.25, -0.2) is 8.42 Å². The third-order valence-electron chi connectivity index (χ3n) is 6.12. The van der Waals surface area contributed by atoms with Gasteiger partial charge < -0.3 is 4.74 Å². The summed E-state index contributed by atoms with van der Waals surface area (Å²) in [5.74, 6) is 0.357. The molecule has 2 aromatic carbocycles. The summed E-state index contributed by atoms with van der Waals surface area (Å²) < 4.78 is 34.4. The molecule has 2 aliphatic rings. The van der Waals surface area contributed by atoms with E-state index in [9.17, 15) is 13.2 Å². The van der Waals surface area contributed by atoms with Gasteiger partial charge in [0.25, 0.3) is 15.9 Å². The zero-order chi connectivity index (χ0) is 22.2. The number of carbonyl (C=O) groups excluding carboxylic acids is 1. The first-order chi connectivity index (χ1) is 15.5. The Morgan fingerprint density at radius 2 is 1.81 bits per heavy atom. The molecule has 6 nitrogen and oxygen atoms in total. The normalized spacial score (nSPS) is 17.6. The number of hydrogen-bond donors (Lipinski definition) is 1. The minimum Gasteiger partial charge on any atom is -0.467 e. The van der Waals surface area contributed by atoms with Crippen LogP contribution in [0.25, 0.3) is 0 Å². The molecule has 1 N–H and O–H groups in total. The van der Waals surface area contributed by atoms with Gasteiger partial charge in [0, 0.05) is 30.8 Å². The number of nitrogens with zero attached hydrogens (tertiary/aromatic N) is 1. The van der Waals surface area contributed by atoms with Crippen LogP contribution in [0, 0.1) is 0 Å². The van der Waals surface area contributed by atoms with Crippen molar-refractivity contribution in [1.29, 1.82) is 0 Å². The number of hydrogen-bond acceptors (Lipinski definition) is 5. The van der Waals surface area contributed by atoms with Crippen LogP contribution in [-0.4, -0.2) is 24.9 Å². The monoisotopic (exact) mass is 468 g/mol. The maximum Gasteiger partial charge on any atom is 0.262 e. The lowest BCUT2D eigenvalue weighted by Gasteiger charge is -2.49. The second-order valence-corrected chi connectivity index (χ2v) is 10.7. The Kier molecular flexibility index (Phi) is 5.43. The number of benzene rings is 2. The smallest absolute Gasteiger partial charge is 0.262 e. The maximum absolute atomic E-state index is 13.6. The third-order valence-corrected chi connectivity index (χ3v) is 8.34. The minimum atomic E-state index is -3.69. The van der Waals surface area contributed by atoms with Crippen LogP contribution >= 0.6 is 11.3 Å². The molecule has 1 aliphatic carbocycles. The Hall–Kier alpha value is -2.84. The van der Waals surface area contributed by atoms with Crippen molar-refractivity contribution in [2.75, 3.05) is 4.72 Å². The number of rotatable bonds is 5. The first-order valence-electron chi connectivity index (χ1n) is 10.7. The standard InChI is InChI=1S/C24H24N2O4S2/c27-23-21-10-9-19(25-32(28,29)20-11-14-31-17-20)15-22(21)30-24(12-5-2-6-13-24)26(23)16-18-7-3-1-4-8-18/h1,3-4,7-11,14-15,17,25H,2,5-6,12-13,16H2. The first kappa shape index (κ1) is 21.0. The minimum absolute atomic E-state index is 0.0794. The SMILES string of the molecule is O=C1c2ccc(NS(=O)(=O)c3ccsc3)cc2OC2(CCCCC2)N1Cc1ccccc1. The number of carbonyl (C=O) groups is 1. The fourth-order valence-corrected chi connectivity index (χ4v) is 6.59. The number of thiophene rings is 1. The molecule has 0 saturated heterocycles. The number of anilines is 1. The van der Waals surface area contributed by atoms with E-state index in [0.29, 0.717) is 23.5 Å². The molecule has 8 heteroatoms. The van der Waals surface area contributed by atoms with E-state index in [-0.39, 0.29) is 10.8 Å². The summed E-state index contributed by atoms with van der Waals surface area (Å²) in [6.07, 6.45) is 4.61. The van der Waals surface area contributed by atoms with Gasteiger partial charge in [-0.2, -0.15) is 11.3 Å². The average molecular weight is 469 g/mol. The molecular formula is C24H24N2O4S2. The third kappa shape index (κ3) is 3.89. The zero-order valence-corrected chi connectivity index (χ0v) is 19.1. The number of nitrogens with one attached hydrogen (secondary N) is 1. The second kappa shape index (κ2) is 8.26. The topological polar surface area (TPSA) is 75.7 Å². The predicted molar refractivity (Wildman–Crippen MR) is 124 cm³/mol. The van der Waals surface area contributed by atoms with Crippen LogP contribution in [0.4, 0.5) is 5.69 Å². The molecule has 0 atom stereocenters. The van der Waals surface area contributed by atoms with Crippen LogP contribution in [0.15, 0.2) is 70.3 Å². The summed E-state index contributed by atoms with van der Waals surface area (Å²) in [4.78, 5) is 15.7. The van der Waals surface area contributed by atoms with E-state index in [1.54, 1.807) is 35.0 Å². The molecule has 166 valence electrons. The summed E-state index contributed by atoms with van der Waals surface area (Å²) in [7, 11) is -3.69. The highest BCUT2D eigenvalue weighted by Gasteiger charge is 2.47. The number of amides is 1. The van der Waals surface area contributed by atoms with E-state index in [2.05, 4.69) is 4.72 Å². The largest absolute Gasteiger partial charge is 0.467 e. The molecule has 1 spiro atoms. The molecule has 0 radical (unpaired) electrons. The molecule has 1 aliphatic heterocycles. The highest BCUT2D eigenvalue weighted by atomic mass is 32.2. The lowest BCUT2D eigenvalue weighted by atomic mass is 9.87. The van der Waals surface area contributed by atoms with Gasteiger partial charge in [-0.05, 0) is 42.0 Å². The summed E-state index contributed by atoms with van der Waals surface area (Å²) in [5.41, 5.74) is 1.18. The molecule has 0 unspecified atom stereocenters. The summed E-state index contributed by atoms with van der Waals surface area (Å²) in [5, 5.41) is 3.30. The van der Waals surface area contributed by atoms with E-state index in [4.69, 9.17) is 4.74 Å². The van der Waals surface area contributed by atoms with Crippen molar-refractivity contribution in [2.24, 2.45) is 0 Å². The summed E-state index contributed by atoms with van der Waals surface area (Å²) >= 11 is 1.32. The summed E-state index contributed by atoms with van der Waals surface area (Å²) in [6, 6.07) is 16.4. The van der Waals surface area contributed by atoms with Crippen molar-refractivity contribution in [2.45, 2.75) is 49.3 Å². The number of sulfonamides is 1. The van der Waals surface area contributed by atoms with E-state index in [0.717, 1.165) is 37.7 Å². The molecular weight excluding hydrogens is 444 g/mol. The Morgan fingerprint density at radius 3 is 2.53 bits per heavy atom. The molecule has 1 saturated carbocycles. The van der Waals surface area contributed by atoms with E-state index >= 15 is 0 Å². The fraction of sp³-hybridized carbons (Fsp3) is 0.292. The Labute approximate surface area is 191 Å². The van der Waals surface area contributed by atoms with E-state index in [1.165, 1.54) is 11.3 Å². The first-order valence-corrected chi connectivity index (χ1v) is 13.1. The highest BCUT2D eigenvalue weighted by Crippen LogP contribution is 2.43. The van der Waals surface area contributed by atoms with E-state index < -0.39 is 15.7 Å². The van der Waals surface area contributed by atoms with Crippen LogP contribution in [0.3, 0.4) is 0 Å². The van der Waals surface area contributed by atoms with Crippen LogP contribution < -0.4 is 9.46 Å². The lowest BCUT2D eigenvalue weighted by molar-refractivity contribution is -0.103. The molecule has 2 heterocycles. The van der Waals surface area contributed by atoms with Gasteiger partial charge in [0.1, 0.15) is 5.75 Å². The van der Waals surface area contributed by atoms with Crippen molar-refractivity contribution in [3.8, 4) is 5.75 Å². The molecule has 3 aromatic rings. The molecule has 5 rings (SSSR count). The maximum atomic E-state index is 13.6. The van der Waals surface area contributed by atoms with Crippen molar-refractivity contribution < 1.29 is 17.9 Å². The van der Waals surface area contributed by atoms with Gasteiger partial charge in [-0.3, -0.25) is 14.4 Å². The lowest BCUT2D eigenvalue weighted by Crippen LogP contribution is -2.59. The van der Waals surface area contributed by atoms with Crippen LogP contribution in [0.5, 0.6) is 5.75 Å². The van der Waals surface area contributed by atoms with Gasteiger partial charge in [0.2, 0.25) is 0 Å². The van der Waals surface area contributed by atoms with Crippen LogP contribution in [-0.2, 0) is 16.6 Å².